The summed E-state index contributed by atoms with van der Waals surface area (Å²) in [6.07, 6.45) is -2.21. The maximum atomic E-state index is 13.6. The van der Waals surface area contributed by atoms with Crippen molar-refractivity contribution in [2.45, 2.75) is 76.4 Å². The van der Waals surface area contributed by atoms with Gasteiger partial charge in [-0.25, -0.2) is 0 Å². The molecule has 0 radical (unpaired) electrons. The maximum Gasteiger partial charge on any atom is 0.425 e. The Kier molecular flexibility index (Phi) is 7.26. The monoisotopic (exact) mass is 557 g/mol. The number of alkyl halides is 3. The van der Waals surface area contributed by atoms with Crippen molar-refractivity contribution in [1.29, 1.82) is 5.41 Å². The first-order chi connectivity index (χ1) is 19.0. The number of nitrogens with one attached hydrogen (secondary N) is 3. The standard InChI is InChI=1S/C29H34F3N5O3/c1-4-28(5-2)14-22(38)37(27(33)36-28)25(17-9-8-12-34-15-17)23-16(3)24(23)26(39)35-19-13-21(29(30,31)32)40-20-11-7-6-10-18(19)20/h6-12,15-16,19,21,23-25H,4-5,13-14H2,1-3H3,(H2,33,36)(H,35,39)/t16?,19-,21+,23+,24+,25-/m0/s1. The number of nitrogens with zero attached hydrogens (tertiary/aromatic N) is 2. The van der Waals surface area contributed by atoms with Crippen LogP contribution >= 0.6 is 0 Å². The number of benzene rings is 1. The topological polar surface area (TPSA) is 107 Å². The van der Waals surface area contributed by atoms with Gasteiger partial charge in [0.25, 0.3) is 0 Å². The van der Waals surface area contributed by atoms with Crippen LogP contribution in [-0.2, 0) is 9.59 Å². The minimum Gasteiger partial charge on any atom is -0.480 e. The molecule has 2 aromatic rings. The lowest BCUT2D eigenvalue weighted by Crippen LogP contribution is -2.62. The summed E-state index contributed by atoms with van der Waals surface area (Å²) in [6, 6.07) is 8.50. The Balaban J connectivity index is 1.41. The van der Waals surface area contributed by atoms with Gasteiger partial charge >= 0.3 is 6.18 Å². The Morgan fingerprint density at radius 1 is 1.25 bits per heavy atom. The van der Waals surface area contributed by atoms with Crippen LogP contribution in [0.25, 0.3) is 0 Å². The molecule has 1 aromatic heterocycles. The lowest BCUT2D eigenvalue weighted by atomic mass is 9.85. The summed E-state index contributed by atoms with van der Waals surface area (Å²) < 4.78 is 46.0. The molecule has 0 spiro atoms. The lowest BCUT2D eigenvalue weighted by molar-refractivity contribution is -0.201. The Hall–Kier alpha value is -3.63. The molecule has 214 valence electrons. The zero-order valence-electron chi connectivity index (χ0n) is 22.7. The van der Waals surface area contributed by atoms with Gasteiger partial charge in [-0.2, -0.15) is 13.2 Å². The predicted octanol–water partition coefficient (Wildman–Crippen LogP) is 4.89. The first-order valence-electron chi connectivity index (χ1n) is 13.7. The summed E-state index contributed by atoms with van der Waals surface area (Å²) in [5.41, 5.74) is 0.697. The van der Waals surface area contributed by atoms with Crippen molar-refractivity contribution >= 4 is 17.8 Å². The van der Waals surface area contributed by atoms with Crippen molar-refractivity contribution in [3.05, 3.63) is 59.9 Å². The lowest BCUT2D eigenvalue weighted by Gasteiger charge is -2.45. The zero-order valence-corrected chi connectivity index (χ0v) is 22.7. The van der Waals surface area contributed by atoms with Gasteiger partial charge in [0.2, 0.25) is 11.8 Å². The molecule has 3 aliphatic rings. The summed E-state index contributed by atoms with van der Waals surface area (Å²) in [6.45, 7) is 5.85. The highest BCUT2D eigenvalue weighted by molar-refractivity contribution is 6.00. The number of ether oxygens (including phenoxy) is 1. The minimum atomic E-state index is -4.58. The number of carbonyl (C=O) groups is 2. The molecule has 1 aromatic carbocycles. The van der Waals surface area contributed by atoms with E-state index in [2.05, 4.69) is 15.6 Å². The van der Waals surface area contributed by atoms with E-state index in [0.29, 0.717) is 24.0 Å². The second kappa shape index (κ2) is 10.4. The molecule has 0 bridgehead atoms. The van der Waals surface area contributed by atoms with Gasteiger partial charge in [-0.15, -0.1) is 0 Å². The van der Waals surface area contributed by atoms with Crippen molar-refractivity contribution < 1.29 is 27.5 Å². The van der Waals surface area contributed by atoms with Crippen molar-refractivity contribution in [3.8, 4) is 5.75 Å². The number of fused-ring (bicyclic) bond motifs is 1. The van der Waals surface area contributed by atoms with E-state index in [1.165, 1.54) is 11.0 Å². The van der Waals surface area contributed by atoms with Gasteiger partial charge in [0.05, 0.1) is 18.5 Å². The highest BCUT2D eigenvalue weighted by Crippen LogP contribution is 2.56. The second-order valence-corrected chi connectivity index (χ2v) is 11.1. The summed E-state index contributed by atoms with van der Waals surface area (Å²) in [7, 11) is 0. The number of aromatic nitrogens is 1. The fraction of sp³-hybridized carbons (Fsp3) is 0.517. The highest BCUT2D eigenvalue weighted by Gasteiger charge is 2.60. The largest absolute Gasteiger partial charge is 0.480 e. The third kappa shape index (κ3) is 5.01. The Labute approximate surface area is 231 Å². The van der Waals surface area contributed by atoms with Gasteiger partial charge in [0.1, 0.15) is 5.75 Å². The van der Waals surface area contributed by atoms with Crippen LogP contribution in [0.5, 0.6) is 5.75 Å². The molecule has 11 heteroatoms. The SMILES string of the molecule is CCC1(CC)CC(=O)N([C@@H](c2cccnc2)[C@@H]2C(C)[C@H]2C(=O)N[C@H]2C[C@H](C(F)(F)F)Oc3ccccc32)C(=N)N1. The van der Waals surface area contributed by atoms with Crippen LogP contribution in [0.2, 0.25) is 0 Å². The number of hydrogen-bond donors (Lipinski definition) is 3. The van der Waals surface area contributed by atoms with E-state index < -0.39 is 42.2 Å². The molecule has 3 heterocycles. The summed E-state index contributed by atoms with van der Waals surface area (Å²) in [5, 5.41) is 14.9. The number of para-hydroxylation sites is 1. The number of amides is 2. The molecule has 2 aliphatic heterocycles. The highest BCUT2D eigenvalue weighted by atomic mass is 19.4. The van der Waals surface area contributed by atoms with Gasteiger partial charge in [-0.1, -0.05) is 45.0 Å². The second-order valence-electron chi connectivity index (χ2n) is 11.1. The molecule has 1 saturated heterocycles. The number of pyridine rings is 1. The van der Waals surface area contributed by atoms with Gasteiger partial charge in [0, 0.05) is 35.8 Å². The molecular formula is C29H34F3N5O3. The molecule has 1 saturated carbocycles. The average molecular weight is 558 g/mol. The normalized spacial score (nSPS) is 28.1. The van der Waals surface area contributed by atoms with E-state index in [0.717, 1.165) is 0 Å². The van der Waals surface area contributed by atoms with E-state index in [-0.39, 0.29) is 41.8 Å². The first-order valence-corrected chi connectivity index (χ1v) is 13.7. The Morgan fingerprint density at radius 3 is 2.60 bits per heavy atom. The van der Waals surface area contributed by atoms with Crippen molar-refractivity contribution in [2.75, 3.05) is 0 Å². The Bertz CT molecular complexity index is 1260. The first kappa shape index (κ1) is 27.9. The zero-order chi connectivity index (χ0) is 28.8. The molecule has 8 nitrogen and oxygen atoms in total. The summed E-state index contributed by atoms with van der Waals surface area (Å²) in [4.78, 5) is 32.8. The van der Waals surface area contributed by atoms with Crippen molar-refractivity contribution in [3.63, 3.8) is 0 Å². The van der Waals surface area contributed by atoms with Crippen LogP contribution in [0.1, 0.15) is 69.7 Å². The molecule has 40 heavy (non-hydrogen) atoms. The summed E-state index contributed by atoms with van der Waals surface area (Å²) >= 11 is 0. The van der Waals surface area contributed by atoms with Crippen LogP contribution in [-0.4, -0.2) is 45.5 Å². The van der Waals surface area contributed by atoms with Crippen LogP contribution in [0.3, 0.4) is 0 Å². The minimum absolute atomic E-state index is 0.0153. The van der Waals surface area contributed by atoms with Gasteiger partial charge in [-0.3, -0.25) is 24.9 Å². The molecule has 2 fully saturated rings. The number of carbonyl (C=O) groups excluding carboxylic acids is 2. The number of rotatable bonds is 7. The van der Waals surface area contributed by atoms with Gasteiger partial charge in [-0.05, 0) is 42.4 Å². The number of guanidine groups is 1. The third-order valence-corrected chi connectivity index (χ3v) is 8.85. The molecule has 1 aliphatic carbocycles. The van der Waals surface area contributed by atoms with E-state index in [9.17, 15) is 22.8 Å². The van der Waals surface area contributed by atoms with Gasteiger partial charge in [0.15, 0.2) is 12.1 Å². The van der Waals surface area contributed by atoms with Crippen LogP contribution in [0.15, 0.2) is 48.8 Å². The van der Waals surface area contributed by atoms with E-state index in [4.69, 9.17) is 10.1 Å². The Morgan fingerprint density at radius 2 is 1.98 bits per heavy atom. The van der Waals surface area contributed by atoms with E-state index in [1.807, 2.05) is 26.8 Å². The van der Waals surface area contributed by atoms with E-state index >= 15 is 0 Å². The summed E-state index contributed by atoms with van der Waals surface area (Å²) in [5.74, 6) is -1.58. The van der Waals surface area contributed by atoms with Crippen LogP contribution in [0.4, 0.5) is 13.2 Å². The van der Waals surface area contributed by atoms with E-state index in [1.54, 1.807) is 36.7 Å². The number of halogens is 3. The molecule has 6 atom stereocenters. The van der Waals surface area contributed by atoms with Crippen molar-refractivity contribution in [1.82, 2.24) is 20.5 Å². The average Bonchev–Trinajstić information content (AvgIpc) is 3.60. The smallest absolute Gasteiger partial charge is 0.425 e. The molecule has 1 unspecified atom stereocenters. The molecule has 2 amide bonds. The van der Waals surface area contributed by atoms with Crippen molar-refractivity contribution in [2.24, 2.45) is 17.8 Å². The molecule has 5 rings (SSSR count). The maximum absolute atomic E-state index is 13.6. The van der Waals surface area contributed by atoms with Crippen LogP contribution in [0, 0.1) is 23.2 Å². The number of hydrogen-bond acceptors (Lipinski definition) is 5. The molecule has 3 N–H and O–H groups in total. The third-order valence-electron chi connectivity index (χ3n) is 8.85. The van der Waals surface area contributed by atoms with Crippen LogP contribution < -0.4 is 15.4 Å². The fourth-order valence-corrected chi connectivity index (χ4v) is 6.33. The quantitative estimate of drug-likeness (QED) is 0.449. The predicted molar refractivity (Wildman–Crippen MR) is 141 cm³/mol. The molecular weight excluding hydrogens is 523 g/mol. The fourth-order valence-electron chi connectivity index (χ4n) is 6.33. The van der Waals surface area contributed by atoms with Gasteiger partial charge < -0.3 is 15.4 Å².